The molecule has 0 aromatic rings. The van der Waals surface area contributed by atoms with Crippen molar-refractivity contribution >= 4 is 17.9 Å². The van der Waals surface area contributed by atoms with Gasteiger partial charge in [-0.25, -0.2) is 0 Å². The minimum absolute atomic E-state index is 0.0667. The van der Waals surface area contributed by atoms with Crippen molar-refractivity contribution in [1.82, 2.24) is 0 Å². The van der Waals surface area contributed by atoms with Gasteiger partial charge in [0.2, 0.25) is 0 Å². The first-order valence-corrected chi connectivity index (χ1v) is 32.3. The molecule has 0 aliphatic rings. The molecule has 0 N–H and O–H groups in total. The van der Waals surface area contributed by atoms with Crippen molar-refractivity contribution in [3.63, 3.8) is 0 Å². The third-order valence-corrected chi connectivity index (χ3v) is 14.7. The van der Waals surface area contributed by atoms with Crippen LogP contribution in [0.25, 0.3) is 0 Å². The van der Waals surface area contributed by atoms with E-state index in [4.69, 9.17) is 14.2 Å². The van der Waals surface area contributed by atoms with Crippen LogP contribution in [-0.4, -0.2) is 37.2 Å². The normalized spacial score (nSPS) is 12.1. The van der Waals surface area contributed by atoms with Gasteiger partial charge < -0.3 is 14.2 Å². The third-order valence-electron chi connectivity index (χ3n) is 14.7. The number of rotatable bonds is 60. The Bertz CT molecular complexity index is 1160. The van der Waals surface area contributed by atoms with E-state index >= 15 is 0 Å². The first kappa shape index (κ1) is 69.9. The highest BCUT2D eigenvalue weighted by Gasteiger charge is 2.19. The van der Waals surface area contributed by atoms with Gasteiger partial charge in [0.25, 0.3) is 0 Å². The molecule has 0 bridgehead atoms. The molecule has 0 aromatic heterocycles. The van der Waals surface area contributed by atoms with E-state index in [0.29, 0.717) is 19.3 Å². The van der Waals surface area contributed by atoms with Gasteiger partial charge in [-0.2, -0.15) is 0 Å². The van der Waals surface area contributed by atoms with E-state index in [1.807, 2.05) is 0 Å². The Labute approximate surface area is 449 Å². The predicted molar refractivity (Wildman–Crippen MR) is 312 cm³/mol. The summed E-state index contributed by atoms with van der Waals surface area (Å²) in [5, 5.41) is 0. The highest BCUT2D eigenvalue weighted by molar-refractivity contribution is 5.71. The Morgan fingerprint density at radius 1 is 0.278 bits per heavy atom. The fourth-order valence-corrected chi connectivity index (χ4v) is 9.83. The molecule has 0 aliphatic heterocycles. The van der Waals surface area contributed by atoms with Gasteiger partial charge in [-0.05, 0) is 51.4 Å². The standard InChI is InChI=1S/C66H124O6/c1-4-7-10-13-16-19-22-25-28-30-32-33-35-36-38-41-44-47-50-53-56-59-65(68)71-62-63(61-70-64(67)58-55-52-49-46-43-40-27-24-21-18-15-12-9-6-3)72-66(69)60-57-54-51-48-45-42-39-37-34-31-29-26-23-20-17-14-11-8-5-2/h17,20,26,29,63H,4-16,18-19,21-25,27-28,30-62H2,1-3H3/b20-17-,29-26-. The van der Waals surface area contributed by atoms with Crippen molar-refractivity contribution in [2.24, 2.45) is 0 Å². The first-order chi connectivity index (χ1) is 35.5. The molecule has 0 amide bonds. The fraction of sp³-hybridized carbons (Fsp3) is 0.894. The molecule has 0 radical (unpaired) electrons. The fourth-order valence-electron chi connectivity index (χ4n) is 9.83. The van der Waals surface area contributed by atoms with Crippen LogP contribution in [0.1, 0.15) is 361 Å². The molecule has 0 rings (SSSR count). The third kappa shape index (κ3) is 58.8. The SMILES string of the molecule is CCCCC/C=C\C/C=C\CCCCCCCCCCCC(=O)OC(COC(=O)CCCCCCCCCCCCCCCC)COC(=O)CCCCCCCCCCCCCCCCCCCCCCC. The molecule has 0 saturated heterocycles. The molecule has 0 spiro atoms. The van der Waals surface area contributed by atoms with Crippen LogP contribution in [0.4, 0.5) is 0 Å². The van der Waals surface area contributed by atoms with Crippen molar-refractivity contribution in [2.75, 3.05) is 13.2 Å². The molecule has 0 aliphatic carbocycles. The Hall–Kier alpha value is -2.11. The van der Waals surface area contributed by atoms with E-state index < -0.39 is 6.10 Å². The van der Waals surface area contributed by atoms with Crippen LogP contribution < -0.4 is 0 Å². The maximum absolute atomic E-state index is 12.9. The molecule has 72 heavy (non-hydrogen) atoms. The van der Waals surface area contributed by atoms with Crippen LogP contribution in [0, 0.1) is 0 Å². The monoisotopic (exact) mass is 1010 g/mol. The maximum Gasteiger partial charge on any atom is 0.306 e. The summed E-state index contributed by atoms with van der Waals surface area (Å²) in [4.78, 5) is 38.3. The Kier molecular flexibility index (Phi) is 59.6. The topological polar surface area (TPSA) is 78.9 Å². The molecule has 0 aromatic carbocycles. The van der Waals surface area contributed by atoms with Gasteiger partial charge in [-0.15, -0.1) is 0 Å². The van der Waals surface area contributed by atoms with E-state index in [9.17, 15) is 14.4 Å². The number of ether oxygens (including phenoxy) is 3. The highest BCUT2D eigenvalue weighted by Crippen LogP contribution is 2.18. The van der Waals surface area contributed by atoms with Crippen LogP contribution in [-0.2, 0) is 28.6 Å². The molecule has 6 heteroatoms. The molecule has 424 valence electrons. The first-order valence-electron chi connectivity index (χ1n) is 32.3. The van der Waals surface area contributed by atoms with E-state index in [1.54, 1.807) is 0 Å². The van der Waals surface area contributed by atoms with Crippen LogP contribution in [0.5, 0.6) is 0 Å². The highest BCUT2D eigenvalue weighted by atomic mass is 16.6. The van der Waals surface area contributed by atoms with Crippen molar-refractivity contribution in [2.45, 2.75) is 367 Å². The number of hydrogen-bond acceptors (Lipinski definition) is 6. The average molecular weight is 1010 g/mol. The smallest absolute Gasteiger partial charge is 0.306 e. The summed E-state index contributed by atoms with van der Waals surface area (Å²) in [6, 6.07) is 0. The lowest BCUT2D eigenvalue weighted by Gasteiger charge is -2.18. The lowest BCUT2D eigenvalue weighted by Crippen LogP contribution is -2.30. The van der Waals surface area contributed by atoms with Gasteiger partial charge in [0.05, 0.1) is 0 Å². The van der Waals surface area contributed by atoms with Gasteiger partial charge in [0.15, 0.2) is 6.10 Å². The van der Waals surface area contributed by atoms with Crippen molar-refractivity contribution < 1.29 is 28.6 Å². The quantitative estimate of drug-likeness (QED) is 0.0261. The van der Waals surface area contributed by atoms with Crippen molar-refractivity contribution in [1.29, 1.82) is 0 Å². The summed E-state index contributed by atoms with van der Waals surface area (Å²) < 4.78 is 17.0. The zero-order valence-corrected chi connectivity index (χ0v) is 48.7. The zero-order chi connectivity index (χ0) is 52.2. The number of allylic oxidation sites excluding steroid dienone is 4. The molecule has 0 fully saturated rings. The van der Waals surface area contributed by atoms with Gasteiger partial charge in [0, 0.05) is 19.3 Å². The number of carbonyl (C=O) groups is 3. The molecular formula is C66H124O6. The Morgan fingerprint density at radius 2 is 0.500 bits per heavy atom. The lowest BCUT2D eigenvalue weighted by atomic mass is 10.0. The molecule has 1 unspecified atom stereocenters. The summed E-state index contributed by atoms with van der Waals surface area (Å²) >= 11 is 0. The number of carbonyl (C=O) groups excluding carboxylic acids is 3. The van der Waals surface area contributed by atoms with E-state index in [1.165, 1.54) is 257 Å². The van der Waals surface area contributed by atoms with E-state index in [-0.39, 0.29) is 31.1 Å². The summed E-state index contributed by atoms with van der Waals surface area (Å²) in [6.07, 6.45) is 73.2. The lowest BCUT2D eigenvalue weighted by molar-refractivity contribution is -0.167. The second-order valence-corrected chi connectivity index (χ2v) is 22.0. The minimum atomic E-state index is -0.769. The molecule has 6 nitrogen and oxygen atoms in total. The summed E-state index contributed by atoms with van der Waals surface area (Å²) in [5.41, 5.74) is 0. The number of hydrogen-bond donors (Lipinski definition) is 0. The van der Waals surface area contributed by atoms with E-state index in [2.05, 4.69) is 45.1 Å². The summed E-state index contributed by atoms with van der Waals surface area (Å²) in [5.74, 6) is -0.842. The van der Waals surface area contributed by atoms with Gasteiger partial charge in [0.1, 0.15) is 13.2 Å². The van der Waals surface area contributed by atoms with E-state index in [0.717, 1.165) is 64.2 Å². The molecular weight excluding hydrogens is 889 g/mol. The van der Waals surface area contributed by atoms with Crippen LogP contribution in [0.15, 0.2) is 24.3 Å². The largest absolute Gasteiger partial charge is 0.462 e. The number of esters is 3. The van der Waals surface area contributed by atoms with Crippen LogP contribution >= 0.6 is 0 Å². The van der Waals surface area contributed by atoms with Crippen LogP contribution in [0.3, 0.4) is 0 Å². The van der Waals surface area contributed by atoms with Gasteiger partial charge >= 0.3 is 17.9 Å². The number of unbranched alkanes of at least 4 members (excludes halogenated alkanes) is 45. The second-order valence-electron chi connectivity index (χ2n) is 22.0. The summed E-state index contributed by atoms with van der Waals surface area (Å²) in [7, 11) is 0. The maximum atomic E-state index is 12.9. The Morgan fingerprint density at radius 3 is 0.792 bits per heavy atom. The molecule has 1 atom stereocenters. The summed E-state index contributed by atoms with van der Waals surface area (Å²) in [6.45, 7) is 6.68. The Balaban J connectivity index is 4.28. The van der Waals surface area contributed by atoms with Crippen molar-refractivity contribution in [3.05, 3.63) is 24.3 Å². The average Bonchev–Trinajstić information content (AvgIpc) is 3.38. The van der Waals surface area contributed by atoms with Gasteiger partial charge in [-0.3, -0.25) is 14.4 Å². The van der Waals surface area contributed by atoms with Crippen LogP contribution in [0.2, 0.25) is 0 Å². The predicted octanol–water partition coefficient (Wildman–Crippen LogP) is 21.8. The molecule has 0 heterocycles. The second kappa shape index (κ2) is 61.4. The minimum Gasteiger partial charge on any atom is -0.462 e. The molecule has 0 saturated carbocycles. The van der Waals surface area contributed by atoms with Crippen molar-refractivity contribution in [3.8, 4) is 0 Å². The zero-order valence-electron chi connectivity index (χ0n) is 48.7. The van der Waals surface area contributed by atoms with Gasteiger partial charge in [-0.1, -0.05) is 315 Å².